The summed E-state index contributed by atoms with van der Waals surface area (Å²) in [5.41, 5.74) is 0. The summed E-state index contributed by atoms with van der Waals surface area (Å²) in [6.07, 6.45) is 4.87. The third kappa shape index (κ3) is 2.96. The highest BCUT2D eigenvalue weighted by molar-refractivity contribution is 5.15. The van der Waals surface area contributed by atoms with Crippen LogP contribution >= 0.6 is 0 Å². The van der Waals surface area contributed by atoms with Gasteiger partial charge in [-0.15, -0.1) is 0 Å². The van der Waals surface area contributed by atoms with Gasteiger partial charge in [-0.25, -0.2) is 9.37 Å². The lowest BCUT2D eigenvalue weighted by Gasteiger charge is -2.30. The topological polar surface area (TPSA) is 47.7 Å². The van der Waals surface area contributed by atoms with Gasteiger partial charge in [-0.2, -0.15) is 0 Å². The van der Waals surface area contributed by atoms with Gasteiger partial charge in [0.05, 0.1) is 25.5 Å². The Morgan fingerprint density at radius 3 is 3.09 bits per heavy atom. The van der Waals surface area contributed by atoms with Crippen LogP contribution in [0.3, 0.4) is 0 Å². The zero-order valence-electron chi connectivity index (χ0n) is 12.7. The molecule has 2 aliphatic rings. The molecule has 0 N–H and O–H groups in total. The molecule has 6 heteroatoms. The number of fused-ring (bicyclic) bond motifs is 2. The van der Waals surface area contributed by atoms with E-state index in [9.17, 15) is 4.39 Å². The first-order valence-electron chi connectivity index (χ1n) is 7.96. The fourth-order valence-electron chi connectivity index (χ4n) is 3.51. The van der Waals surface area contributed by atoms with Crippen molar-refractivity contribution in [3.63, 3.8) is 0 Å². The molecule has 1 saturated carbocycles. The predicted octanol–water partition coefficient (Wildman–Crippen LogP) is 2.62. The molecule has 1 aliphatic heterocycles. The molecule has 0 aromatic carbocycles. The van der Waals surface area contributed by atoms with Gasteiger partial charge in [0.25, 0.3) is 5.88 Å². The number of nitrogens with zero attached hydrogens (tertiary/aromatic N) is 2. The number of halogens is 1. The van der Waals surface area contributed by atoms with Crippen LogP contribution in [0.2, 0.25) is 0 Å². The summed E-state index contributed by atoms with van der Waals surface area (Å²) >= 11 is 0. The summed E-state index contributed by atoms with van der Waals surface area (Å²) < 4.78 is 31.2. The zero-order valence-corrected chi connectivity index (χ0v) is 12.7. The smallest absolute Gasteiger partial charge is 0.250 e. The molecule has 0 amide bonds. The normalized spacial score (nSPS) is 27.8. The van der Waals surface area contributed by atoms with E-state index in [0.717, 1.165) is 25.1 Å². The Hall–Kier alpha value is -1.92. The van der Waals surface area contributed by atoms with Crippen molar-refractivity contribution < 1.29 is 18.3 Å². The maximum Gasteiger partial charge on any atom is 0.250 e. The van der Waals surface area contributed by atoms with E-state index in [0.29, 0.717) is 13.2 Å². The molecule has 1 aliphatic carbocycles. The molecule has 122 valence electrons. The van der Waals surface area contributed by atoms with E-state index >= 15 is 0 Å². The highest BCUT2D eigenvalue weighted by Crippen LogP contribution is 2.33. The Morgan fingerprint density at radius 1 is 1.30 bits per heavy atom. The SMILES string of the molecule is Fc1cccnc1OC1C2CCC1N(Cc1ccco1)CCO2. The molecule has 2 bridgehead atoms. The Bertz CT molecular complexity index is 649. The van der Waals surface area contributed by atoms with Crippen LogP contribution in [-0.2, 0) is 11.3 Å². The largest absolute Gasteiger partial charge is 0.468 e. The summed E-state index contributed by atoms with van der Waals surface area (Å²) in [5, 5.41) is 0. The van der Waals surface area contributed by atoms with Crippen molar-refractivity contribution in [3.8, 4) is 5.88 Å². The lowest BCUT2D eigenvalue weighted by Crippen LogP contribution is -2.44. The predicted molar refractivity (Wildman–Crippen MR) is 80.5 cm³/mol. The van der Waals surface area contributed by atoms with Crippen molar-refractivity contribution in [1.82, 2.24) is 9.88 Å². The van der Waals surface area contributed by atoms with Gasteiger partial charge in [-0.1, -0.05) is 0 Å². The van der Waals surface area contributed by atoms with Gasteiger partial charge in [0.2, 0.25) is 0 Å². The lowest BCUT2D eigenvalue weighted by atomic mass is 10.1. The molecule has 1 saturated heterocycles. The second kappa shape index (κ2) is 6.29. The summed E-state index contributed by atoms with van der Waals surface area (Å²) in [6.45, 7) is 2.16. The van der Waals surface area contributed by atoms with Crippen LogP contribution in [-0.4, -0.2) is 41.3 Å². The molecule has 2 aromatic heterocycles. The van der Waals surface area contributed by atoms with Crippen molar-refractivity contribution in [2.45, 2.75) is 37.6 Å². The Balaban J connectivity index is 1.55. The summed E-state index contributed by atoms with van der Waals surface area (Å²) in [4.78, 5) is 6.31. The Morgan fingerprint density at radius 2 is 2.26 bits per heavy atom. The van der Waals surface area contributed by atoms with Gasteiger partial charge in [-0.05, 0) is 37.1 Å². The third-order valence-electron chi connectivity index (χ3n) is 4.58. The second-order valence-corrected chi connectivity index (χ2v) is 5.98. The van der Waals surface area contributed by atoms with E-state index in [4.69, 9.17) is 13.9 Å². The van der Waals surface area contributed by atoms with Crippen molar-refractivity contribution in [2.24, 2.45) is 0 Å². The van der Waals surface area contributed by atoms with Crippen molar-refractivity contribution in [1.29, 1.82) is 0 Å². The minimum Gasteiger partial charge on any atom is -0.468 e. The van der Waals surface area contributed by atoms with Crippen LogP contribution in [0, 0.1) is 5.82 Å². The minimum atomic E-state index is -0.436. The molecule has 2 aromatic rings. The molecule has 3 atom stereocenters. The van der Waals surface area contributed by atoms with Gasteiger partial charge >= 0.3 is 0 Å². The standard InChI is InChI=1S/C17H19FN2O3/c18-13-4-1-7-19-17(13)23-16-14-5-6-15(16)22-10-8-20(14)11-12-3-2-9-21-12/h1-4,7,9,14-16H,5-6,8,10-11H2. The van der Waals surface area contributed by atoms with E-state index in [1.165, 1.54) is 6.07 Å². The van der Waals surface area contributed by atoms with E-state index in [1.807, 2.05) is 12.1 Å². The minimum absolute atomic E-state index is 0.0111. The van der Waals surface area contributed by atoms with E-state index in [2.05, 4.69) is 9.88 Å². The van der Waals surface area contributed by atoms with Crippen LogP contribution in [0.15, 0.2) is 41.1 Å². The first-order chi connectivity index (χ1) is 11.3. The van der Waals surface area contributed by atoms with Gasteiger partial charge in [-0.3, -0.25) is 4.90 Å². The summed E-state index contributed by atoms with van der Waals surface area (Å²) in [7, 11) is 0. The van der Waals surface area contributed by atoms with Crippen molar-refractivity contribution in [3.05, 3.63) is 48.3 Å². The molecule has 3 unspecified atom stereocenters. The average molecular weight is 318 g/mol. The highest BCUT2D eigenvalue weighted by Gasteiger charge is 2.44. The molecule has 4 rings (SSSR count). The number of furan rings is 1. The lowest BCUT2D eigenvalue weighted by molar-refractivity contribution is 0.0000824. The number of pyridine rings is 1. The van der Waals surface area contributed by atoms with Gasteiger partial charge in [0, 0.05) is 18.8 Å². The molecule has 23 heavy (non-hydrogen) atoms. The zero-order chi connectivity index (χ0) is 15.6. The van der Waals surface area contributed by atoms with Crippen LogP contribution < -0.4 is 4.74 Å². The molecule has 3 heterocycles. The molecule has 0 spiro atoms. The van der Waals surface area contributed by atoms with Crippen LogP contribution in [0.5, 0.6) is 5.88 Å². The number of hydrogen-bond donors (Lipinski definition) is 0. The number of ether oxygens (including phenoxy) is 2. The van der Waals surface area contributed by atoms with Crippen LogP contribution in [0.1, 0.15) is 18.6 Å². The van der Waals surface area contributed by atoms with E-state index < -0.39 is 5.82 Å². The van der Waals surface area contributed by atoms with Crippen LogP contribution in [0.4, 0.5) is 4.39 Å². The first-order valence-corrected chi connectivity index (χ1v) is 7.96. The molecule has 5 nitrogen and oxygen atoms in total. The van der Waals surface area contributed by atoms with Crippen molar-refractivity contribution in [2.75, 3.05) is 13.2 Å². The molecule has 0 radical (unpaired) electrons. The summed E-state index contributed by atoms with van der Waals surface area (Å²) in [5.74, 6) is 0.532. The number of aromatic nitrogens is 1. The summed E-state index contributed by atoms with van der Waals surface area (Å²) in [6, 6.07) is 6.95. The van der Waals surface area contributed by atoms with Crippen molar-refractivity contribution >= 4 is 0 Å². The van der Waals surface area contributed by atoms with Crippen LogP contribution in [0.25, 0.3) is 0 Å². The van der Waals surface area contributed by atoms with E-state index in [-0.39, 0.29) is 24.1 Å². The van der Waals surface area contributed by atoms with Gasteiger partial charge in [0.1, 0.15) is 11.9 Å². The van der Waals surface area contributed by atoms with E-state index in [1.54, 1.807) is 18.5 Å². The maximum atomic E-state index is 13.9. The van der Waals surface area contributed by atoms with Gasteiger partial charge in [0.15, 0.2) is 5.82 Å². The number of rotatable bonds is 4. The monoisotopic (exact) mass is 318 g/mol. The molecular weight excluding hydrogens is 299 g/mol. The highest BCUT2D eigenvalue weighted by atomic mass is 19.1. The average Bonchev–Trinajstić information content (AvgIpc) is 3.14. The van der Waals surface area contributed by atoms with Gasteiger partial charge < -0.3 is 13.9 Å². The quantitative estimate of drug-likeness (QED) is 0.867. The molecular formula is C17H19FN2O3. The fraction of sp³-hybridized carbons (Fsp3) is 0.471. The first kappa shape index (κ1) is 14.7. The Kier molecular flexibility index (Phi) is 4.01. The molecule has 2 fully saturated rings. The second-order valence-electron chi connectivity index (χ2n) is 5.98. The maximum absolute atomic E-state index is 13.9. The fourth-order valence-corrected chi connectivity index (χ4v) is 3.51. The third-order valence-corrected chi connectivity index (χ3v) is 4.58. The number of hydrogen-bond acceptors (Lipinski definition) is 5. The Labute approximate surface area is 134 Å².